The minimum absolute atomic E-state index is 0.0122. The highest BCUT2D eigenvalue weighted by atomic mass is 35.5. The number of benzene rings is 2. The molecule has 1 saturated carbocycles. The molecule has 1 fully saturated rings. The first-order valence-electron chi connectivity index (χ1n) is 14.7. The molecule has 5 rings (SSSR count). The van der Waals surface area contributed by atoms with Crippen LogP contribution in [0.15, 0.2) is 71.8 Å². The zero-order valence-electron chi connectivity index (χ0n) is 25.2. The number of halogens is 1. The molecule has 4 aromatic rings. The van der Waals surface area contributed by atoms with Crippen molar-refractivity contribution >= 4 is 29.1 Å². The minimum atomic E-state index is -0.843. The molecule has 1 unspecified atom stereocenters. The zero-order valence-corrected chi connectivity index (χ0v) is 26.0. The molecule has 2 amide bonds. The Balaban J connectivity index is 1.40. The third kappa shape index (κ3) is 6.91. The van der Waals surface area contributed by atoms with E-state index in [-0.39, 0.29) is 35.8 Å². The van der Waals surface area contributed by atoms with E-state index in [0.717, 1.165) is 46.4 Å². The monoisotopic (exact) mass is 599 g/mol. The predicted octanol–water partition coefficient (Wildman–Crippen LogP) is 6.17. The summed E-state index contributed by atoms with van der Waals surface area (Å²) in [5, 5.41) is 10.8. The number of aryl methyl sites for hydroxylation is 2. The van der Waals surface area contributed by atoms with Crippen LogP contribution in [-0.2, 0) is 23.1 Å². The molecule has 0 saturated heterocycles. The van der Waals surface area contributed by atoms with E-state index < -0.39 is 6.04 Å². The molecular formula is C34H38ClN5O3. The van der Waals surface area contributed by atoms with Crippen molar-refractivity contribution in [1.82, 2.24) is 19.7 Å². The molecular weight excluding hydrogens is 562 g/mol. The van der Waals surface area contributed by atoms with Crippen molar-refractivity contribution in [2.75, 3.05) is 5.32 Å². The standard InChI is InChI=1S/C34H38ClN5O3/c1-20(2)40-19-26(11-15-31(40)41)25-10-14-29(35)27(16-25)17-30(38-33(42)22(4)23-6-7-23)34(43)37-28-12-8-24(9-13-28)32-21(3)18-36-39(32)5/h8-16,18-20,22-23,30H,6-7,17H2,1-5H3,(H,37,43)(H,38,42)/t22?,30-/m0/s1. The van der Waals surface area contributed by atoms with Gasteiger partial charge in [0.1, 0.15) is 6.04 Å². The van der Waals surface area contributed by atoms with Crippen LogP contribution >= 0.6 is 11.6 Å². The third-order valence-electron chi connectivity index (χ3n) is 8.22. The van der Waals surface area contributed by atoms with Crippen molar-refractivity contribution < 1.29 is 9.59 Å². The van der Waals surface area contributed by atoms with Gasteiger partial charge in [-0.25, -0.2) is 0 Å². The van der Waals surface area contributed by atoms with Crippen LogP contribution in [0.5, 0.6) is 0 Å². The number of carbonyl (C=O) groups is 2. The van der Waals surface area contributed by atoms with E-state index in [1.54, 1.807) is 22.8 Å². The van der Waals surface area contributed by atoms with Crippen LogP contribution < -0.4 is 16.2 Å². The van der Waals surface area contributed by atoms with Crippen molar-refractivity contribution in [1.29, 1.82) is 0 Å². The molecule has 224 valence electrons. The third-order valence-corrected chi connectivity index (χ3v) is 8.59. The van der Waals surface area contributed by atoms with E-state index in [1.807, 2.05) is 88.2 Å². The first kappa shape index (κ1) is 30.3. The summed E-state index contributed by atoms with van der Waals surface area (Å²) in [5.74, 6) is -0.275. The van der Waals surface area contributed by atoms with Crippen molar-refractivity contribution in [3.05, 3.63) is 93.5 Å². The van der Waals surface area contributed by atoms with Gasteiger partial charge in [0.2, 0.25) is 11.8 Å². The van der Waals surface area contributed by atoms with Gasteiger partial charge in [-0.3, -0.25) is 19.1 Å². The van der Waals surface area contributed by atoms with Crippen LogP contribution in [0.25, 0.3) is 22.4 Å². The molecule has 0 bridgehead atoms. The Kier molecular flexibility index (Phi) is 8.87. The molecule has 1 aliphatic rings. The van der Waals surface area contributed by atoms with E-state index in [2.05, 4.69) is 15.7 Å². The van der Waals surface area contributed by atoms with Crippen LogP contribution in [0, 0.1) is 18.8 Å². The van der Waals surface area contributed by atoms with Gasteiger partial charge in [0, 0.05) is 54.0 Å². The fraction of sp³-hybridized carbons (Fsp3) is 0.353. The Labute approximate surface area is 257 Å². The maximum absolute atomic E-state index is 13.7. The van der Waals surface area contributed by atoms with Crippen molar-refractivity contribution in [2.45, 2.75) is 59.0 Å². The van der Waals surface area contributed by atoms with E-state index in [9.17, 15) is 14.4 Å². The minimum Gasteiger partial charge on any atom is -0.344 e. The van der Waals surface area contributed by atoms with Crippen LogP contribution in [0.4, 0.5) is 5.69 Å². The molecule has 1 aliphatic carbocycles. The van der Waals surface area contributed by atoms with Gasteiger partial charge in [-0.1, -0.05) is 36.7 Å². The van der Waals surface area contributed by atoms with E-state index in [1.165, 1.54) is 0 Å². The van der Waals surface area contributed by atoms with Gasteiger partial charge in [-0.15, -0.1) is 0 Å². The quantitative estimate of drug-likeness (QED) is 0.228. The predicted molar refractivity (Wildman–Crippen MR) is 171 cm³/mol. The maximum Gasteiger partial charge on any atom is 0.250 e. The molecule has 43 heavy (non-hydrogen) atoms. The summed E-state index contributed by atoms with van der Waals surface area (Å²) in [7, 11) is 1.90. The van der Waals surface area contributed by atoms with Gasteiger partial charge < -0.3 is 15.2 Å². The number of amides is 2. The van der Waals surface area contributed by atoms with Gasteiger partial charge in [-0.05, 0) is 92.1 Å². The Morgan fingerprint density at radius 3 is 2.28 bits per heavy atom. The van der Waals surface area contributed by atoms with Crippen LogP contribution in [0.3, 0.4) is 0 Å². The lowest BCUT2D eigenvalue weighted by atomic mass is 9.98. The highest BCUT2D eigenvalue weighted by Crippen LogP contribution is 2.36. The lowest BCUT2D eigenvalue weighted by Crippen LogP contribution is -2.47. The number of aromatic nitrogens is 3. The number of nitrogens with zero attached hydrogens (tertiary/aromatic N) is 3. The number of carbonyl (C=O) groups excluding carboxylic acids is 2. The second-order valence-corrected chi connectivity index (χ2v) is 12.2. The second kappa shape index (κ2) is 12.6. The molecule has 2 heterocycles. The molecule has 8 nitrogen and oxygen atoms in total. The summed E-state index contributed by atoms with van der Waals surface area (Å²) in [4.78, 5) is 39.2. The molecule has 0 spiro atoms. The number of nitrogens with one attached hydrogen (secondary N) is 2. The van der Waals surface area contributed by atoms with Crippen LogP contribution in [0.1, 0.15) is 50.8 Å². The lowest BCUT2D eigenvalue weighted by Gasteiger charge is -2.22. The number of pyridine rings is 1. The van der Waals surface area contributed by atoms with Gasteiger partial charge >= 0.3 is 0 Å². The van der Waals surface area contributed by atoms with Crippen molar-refractivity contribution in [3.63, 3.8) is 0 Å². The number of rotatable bonds is 10. The highest BCUT2D eigenvalue weighted by Gasteiger charge is 2.34. The largest absolute Gasteiger partial charge is 0.344 e. The second-order valence-electron chi connectivity index (χ2n) is 11.8. The van der Waals surface area contributed by atoms with Crippen LogP contribution in [0.2, 0.25) is 5.02 Å². The van der Waals surface area contributed by atoms with E-state index >= 15 is 0 Å². The maximum atomic E-state index is 13.7. The number of hydrogen-bond acceptors (Lipinski definition) is 4. The van der Waals surface area contributed by atoms with E-state index in [0.29, 0.717) is 16.6 Å². The zero-order chi connectivity index (χ0) is 30.8. The first-order valence-corrected chi connectivity index (χ1v) is 15.1. The van der Waals surface area contributed by atoms with Crippen LogP contribution in [-0.4, -0.2) is 32.2 Å². The van der Waals surface area contributed by atoms with Crippen molar-refractivity contribution in [3.8, 4) is 22.4 Å². The summed E-state index contributed by atoms with van der Waals surface area (Å²) >= 11 is 6.64. The molecule has 2 aromatic carbocycles. The first-order chi connectivity index (χ1) is 20.5. The topological polar surface area (TPSA) is 98.0 Å². The SMILES string of the molecule is Cc1cnn(C)c1-c1ccc(NC(=O)[C@H](Cc2cc(-c3ccc(=O)n(C(C)C)c3)ccc2Cl)NC(=O)C(C)C2CC2)cc1. The summed E-state index contributed by atoms with van der Waals surface area (Å²) in [5.41, 5.74) is 6.08. The van der Waals surface area contributed by atoms with Gasteiger partial charge in [0.05, 0.1) is 11.9 Å². The van der Waals surface area contributed by atoms with Gasteiger partial charge in [0.15, 0.2) is 0 Å². The fourth-order valence-corrected chi connectivity index (χ4v) is 5.63. The fourth-order valence-electron chi connectivity index (χ4n) is 5.43. The Bertz CT molecular complexity index is 1680. The smallest absolute Gasteiger partial charge is 0.250 e. The molecule has 2 N–H and O–H groups in total. The Hall–Kier alpha value is -4.17. The number of hydrogen-bond donors (Lipinski definition) is 2. The van der Waals surface area contributed by atoms with Crippen molar-refractivity contribution in [2.24, 2.45) is 18.9 Å². The average Bonchev–Trinajstić information content (AvgIpc) is 3.78. The summed E-state index contributed by atoms with van der Waals surface area (Å²) in [6, 6.07) is 15.7. The van der Waals surface area contributed by atoms with E-state index in [4.69, 9.17) is 11.6 Å². The highest BCUT2D eigenvalue weighted by molar-refractivity contribution is 6.31. The van der Waals surface area contributed by atoms with Gasteiger partial charge in [-0.2, -0.15) is 5.10 Å². The molecule has 2 atom stereocenters. The molecule has 9 heteroatoms. The summed E-state index contributed by atoms with van der Waals surface area (Å²) < 4.78 is 3.50. The summed E-state index contributed by atoms with van der Waals surface area (Å²) in [6.45, 7) is 7.84. The Morgan fingerprint density at radius 2 is 1.65 bits per heavy atom. The average molecular weight is 600 g/mol. The Morgan fingerprint density at radius 1 is 0.977 bits per heavy atom. The molecule has 0 radical (unpaired) electrons. The molecule has 2 aromatic heterocycles. The number of anilines is 1. The summed E-state index contributed by atoms with van der Waals surface area (Å²) in [6.07, 6.45) is 5.92. The van der Waals surface area contributed by atoms with Gasteiger partial charge in [0.25, 0.3) is 5.56 Å². The lowest BCUT2D eigenvalue weighted by molar-refractivity contribution is -0.129. The molecule has 0 aliphatic heterocycles. The normalized spacial score (nSPS) is 14.4.